The first-order chi connectivity index (χ1) is 17.0. The van der Waals surface area contributed by atoms with Gasteiger partial charge in [-0.2, -0.15) is 0 Å². The van der Waals surface area contributed by atoms with Crippen molar-refractivity contribution < 1.29 is 24.8 Å². The maximum atomic E-state index is 13.8. The van der Waals surface area contributed by atoms with Crippen molar-refractivity contribution in [2.24, 2.45) is 0 Å². The monoisotopic (exact) mass is 490 g/mol. The number of rotatable bonds is 8. The summed E-state index contributed by atoms with van der Waals surface area (Å²) in [6.45, 7) is 9.90. The third-order valence-electron chi connectivity index (χ3n) is 6.02. The molecule has 0 aliphatic rings. The van der Waals surface area contributed by atoms with Gasteiger partial charge in [-0.25, -0.2) is 0 Å². The van der Waals surface area contributed by atoms with Crippen LogP contribution in [0.4, 0.5) is 0 Å². The van der Waals surface area contributed by atoms with Gasteiger partial charge in [-0.05, 0) is 72.4 Å². The molecule has 0 radical (unpaired) electrons. The predicted molar refractivity (Wildman–Crippen MR) is 144 cm³/mol. The molecule has 0 unspecified atom stereocenters. The highest BCUT2D eigenvalue weighted by molar-refractivity contribution is 5.89. The van der Waals surface area contributed by atoms with Crippen molar-refractivity contribution in [1.82, 2.24) is 0 Å². The Labute approximate surface area is 211 Å². The first-order valence-electron chi connectivity index (χ1n) is 12.0. The second-order valence-electron chi connectivity index (χ2n) is 9.60. The Morgan fingerprint density at radius 2 is 1.50 bits per heavy atom. The van der Waals surface area contributed by atoms with E-state index in [0.717, 1.165) is 24.0 Å². The van der Waals surface area contributed by atoms with Crippen LogP contribution in [0.15, 0.2) is 68.4 Å². The van der Waals surface area contributed by atoms with E-state index in [-0.39, 0.29) is 69.3 Å². The van der Waals surface area contributed by atoms with Gasteiger partial charge in [-0.1, -0.05) is 34.9 Å². The van der Waals surface area contributed by atoms with E-state index in [1.165, 1.54) is 29.8 Å². The van der Waals surface area contributed by atoms with E-state index < -0.39 is 5.43 Å². The Bertz CT molecular complexity index is 1430. The second kappa shape index (κ2) is 11.2. The van der Waals surface area contributed by atoms with Crippen molar-refractivity contribution >= 4 is 11.0 Å². The van der Waals surface area contributed by atoms with Crippen molar-refractivity contribution in [3.63, 3.8) is 0 Å². The van der Waals surface area contributed by atoms with Crippen molar-refractivity contribution in [3.8, 4) is 34.3 Å². The van der Waals surface area contributed by atoms with Gasteiger partial charge in [0.2, 0.25) is 5.43 Å². The maximum Gasteiger partial charge on any atom is 0.200 e. The number of allylic oxidation sites excluding steroid dienone is 6. The van der Waals surface area contributed by atoms with E-state index in [1.54, 1.807) is 0 Å². The summed E-state index contributed by atoms with van der Waals surface area (Å²) in [5.74, 6) is -0.770. The van der Waals surface area contributed by atoms with E-state index in [2.05, 4.69) is 6.08 Å². The summed E-state index contributed by atoms with van der Waals surface area (Å²) < 4.78 is 6.05. The fourth-order valence-corrected chi connectivity index (χ4v) is 3.99. The van der Waals surface area contributed by atoms with Crippen LogP contribution in [-0.2, 0) is 12.8 Å². The lowest BCUT2D eigenvalue weighted by atomic mass is 9.97. The van der Waals surface area contributed by atoms with Crippen molar-refractivity contribution in [3.05, 3.63) is 80.6 Å². The van der Waals surface area contributed by atoms with Crippen LogP contribution in [0.5, 0.6) is 23.0 Å². The smallest absolute Gasteiger partial charge is 0.200 e. The lowest BCUT2D eigenvalue weighted by Gasteiger charge is -2.14. The highest BCUT2D eigenvalue weighted by atomic mass is 16.3. The van der Waals surface area contributed by atoms with Gasteiger partial charge in [-0.15, -0.1) is 0 Å². The van der Waals surface area contributed by atoms with Gasteiger partial charge in [0.25, 0.3) is 0 Å². The molecule has 190 valence electrons. The minimum atomic E-state index is -0.442. The molecule has 2 aromatic carbocycles. The minimum Gasteiger partial charge on any atom is -0.508 e. The number of fused-ring (bicyclic) bond motifs is 1. The Hall–Kier alpha value is -3.93. The van der Waals surface area contributed by atoms with E-state index >= 15 is 0 Å². The number of benzene rings is 2. The fourth-order valence-electron chi connectivity index (χ4n) is 3.99. The second-order valence-corrected chi connectivity index (χ2v) is 9.60. The van der Waals surface area contributed by atoms with Gasteiger partial charge in [0, 0.05) is 23.3 Å². The third-order valence-corrected chi connectivity index (χ3v) is 6.02. The lowest BCUT2D eigenvalue weighted by molar-refractivity contribution is 0.442. The standard InChI is InChI=1S/C30H34O6/c1-17(2)7-6-8-19(5)10-13-23-29(35)27-26(16-25(33)21(28(27)34)12-9-18(3)4)36-30(23)22-14-11-20(31)15-24(22)32/h7,9-11,14-16,31-34H,6,8,12-13H2,1-5H3/b19-10+. The molecule has 3 rings (SSSR count). The van der Waals surface area contributed by atoms with Crippen molar-refractivity contribution in [2.45, 2.75) is 60.3 Å². The van der Waals surface area contributed by atoms with Crippen LogP contribution in [0.3, 0.4) is 0 Å². The molecule has 0 aliphatic heterocycles. The molecular weight excluding hydrogens is 456 g/mol. The highest BCUT2D eigenvalue weighted by Gasteiger charge is 2.23. The first kappa shape index (κ1) is 26.7. The minimum absolute atomic E-state index is 0.00596. The maximum absolute atomic E-state index is 13.8. The van der Waals surface area contributed by atoms with Crippen LogP contribution in [0.1, 0.15) is 58.6 Å². The highest BCUT2D eigenvalue weighted by Crippen LogP contribution is 2.40. The summed E-state index contributed by atoms with van der Waals surface area (Å²) in [5.41, 5.74) is 3.64. The van der Waals surface area contributed by atoms with Crippen LogP contribution in [0.25, 0.3) is 22.3 Å². The Balaban J connectivity index is 2.23. The van der Waals surface area contributed by atoms with Gasteiger partial charge >= 0.3 is 0 Å². The molecule has 0 saturated carbocycles. The fraction of sp³-hybridized carbons (Fsp3) is 0.300. The van der Waals surface area contributed by atoms with Gasteiger partial charge in [0.15, 0.2) is 0 Å². The molecule has 3 aromatic rings. The van der Waals surface area contributed by atoms with Crippen LogP contribution < -0.4 is 5.43 Å². The topological polar surface area (TPSA) is 111 Å². The number of hydrogen-bond donors (Lipinski definition) is 4. The summed E-state index contributed by atoms with van der Waals surface area (Å²) >= 11 is 0. The molecule has 36 heavy (non-hydrogen) atoms. The molecule has 6 nitrogen and oxygen atoms in total. The van der Waals surface area contributed by atoms with E-state index in [4.69, 9.17) is 4.42 Å². The molecule has 6 heteroatoms. The number of phenolic OH excluding ortho intramolecular Hbond substituents is 4. The molecule has 0 bridgehead atoms. The average molecular weight is 491 g/mol. The molecule has 0 saturated heterocycles. The Morgan fingerprint density at radius 3 is 2.14 bits per heavy atom. The Morgan fingerprint density at radius 1 is 0.833 bits per heavy atom. The van der Waals surface area contributed by atoms with Crippen LogP contribution in [0.2, 0.25) is 0 Å². The van der Waals surface area contributed by atoms with E-state index in [0.29, 0.717) is 0 Å². The molecule has 0 atom stereocenters. The SMILES string of the molecule is CC(C)=CCC/C(C)=C/Cc1c(-c2ccc(O)cc2O)oc2cc(O)c(CC=C(C)C)c(O)c2c1=O. The third kappa shape index (κ3) is 6.00. The molecule has 0 aliphatic carbocycles. The normalized spacial score (nSPS) is 11.5. The number of hydrogen-bond acceptors (Lipinski definition) is 6. The summed E-state index contributed by atoms with van der Waals surface area (Å²) in [6, 6.07) is 5.34. The molecule has 1 heterocycles. The predicted octanol–water partition coefficient (Wildman–Crippen LogP) is 7.03. The Kier molecular flexibility index (Phi) is 8.30. The van der Waals surface area contributed by atoms with Gasteiger partial charge in [0.05, 0.1) is 5.56 Å². The quantitative estimate of drug-likeness (QED) is 0.252. The van der Waals surface area contributed by atoms with Crippen molar-refractivity contribution in [2.75, 3.05) is 0 Å². The van der Waals surface area contributed by atoms with Gasteiger partial charge < -0.3 is 24.8 Å². The van der Waals surface area contributed by atoms with Crippen LogP contribution in [-0.4, -0.2) is 20.4 Å². The average Bonchev–Trinajstić information content (AvgIpc) is 2.77. The van der Waals surface area contributed by atoms with Crippen molar-refractivity contribution in [1.29, 1.82) is 0 Å². The first-order valence-corrected chi connectivity index (χ1v) is 12.0. The number of phenols is 4. The molecule has 1 aromatic heterocycles. The van der Waals surface area contributed by atoms with E-state index in [9.17, 15) is 25.2 Å². The van der Waals surface area contributed by atoms with Gasteiger partial charge in [-0.3, -0.25) is 4.79 Å². The van der Waals surface area contributed by atoms with Crippen LogP contribution in [0, 0.1) is 0 Å². The zero-order chi connectivity index (χ0) is 26.6. The summed E-state index contributed by atoms with van der Waals surface area (Å²) in [5, 5.41) is 41.8. The molecule has 0 spiro atoms. The largest absolute Gasteiger partial charge is 0.508 e. The zero-order valence-electron chi connectivity index (χ0n) is 21.5. The molecule has 4 N–H and O–H groups in total. The van der Waals surface area contributed by atoms with Gasteiger partial charge in [0.1, 0.15) is 39.7 Å². The molecule has 0 fully saturated rings. The molecule has 0 amide bonds. The summed E-state index contributed by atoms with van der Waals surface area (Å²) in [6.07, 6.45) is 8.14. The summed E-state index contributed by atoms with van der Waals surface area (Å²) in [4.78, 5) is 13.8. The van der Waals surface area contributed by atoms with E-state index in [1.807, 2.05) is 46.8 Å². The lowest BCUT2D eigenvalue weighted by Crippen LogP contribution is -2.12. The zero-order valence-corrected chi connectivity index (χ0v) is 21.5. The number of aromatic hydroxyl groups is 4. The summed E-state index contributed by atoms with van der Waals surface area (Å²) in [7, 11) is 0. The van der Waals surface area contributed by atoms with Crippen LogP contribution >= 0.6 is 0 Å². The molecular formula is C30H34O6.